The first kappa shape index (κ1) is 12.8. The topological polar surface area (TPSA) is 35.6 Å². The first-order valence-corrected chi connectivity index (χ1v) is 8.45. The summed E-state index contributed by atoms with van der Waals surface area (Å²) in [7, 11) is 2.17. The van der Waals surface area contributed by atoms with E-state index in [4.69, 9.17) is 0 Å². The Morgan fingerprint density at radius 1 is 1.35 bits per heavy atom. The number of carbonyl (C=O) groups excluding carboxylic acids is 1. The van der Waals surface area contributed by atoms with Crippen LogP contribution in [0.4, 0.5) is 0 Å². The fraction of sp³-hybridized carbons (Fsp3) is 0.667. The van der Waals surface area contributed by atoms with E-state index in [9.17, 15) is 4.79 Å². The highest BCUT2D eigenvalue weighted by Gasteiger charge is 2.60. The molecule has 0 radical (unpaired) electrons. The lowest BCUT2D eigenvalue weighted by molar-refractivity contribution is -0.134. The van der Waals surface area contributed by atoms with Crippen molar-refractivity contribution in [3.8, 4) is 0 Å². The molecule has 1 aliphatic carbocycles. The van der Waals surface area contributed by atoms with Gasteiger partial charge >= 0.3 is 0 Å². The van der Waals surface area contributed by atoms with Crippen molar-refractivity contribution in [3.05, 3.63) is 22.4 Å². The summed E-state index contributed by atoms with van der Waals surface area (Å²) in [4.78, 5) is 17.4. The molecule has 0 bridgehead atoms. The van der Waals surface area contributed by atoms with Gasteiger partial charge in [-0.2, -0.15) is 11.3 Å². The average Bonchev–Trinajstić information content (AvgIpc) is 2.92. The zero-order valence-electron chi connectivity index (χ0n) is 11.8. The van der Waals surface area contributed by atoms with Crippen molar-refractivity contribution in [3.63, 3.8) is 0 Å². The first-order chi connectivity index (χ1) is 9.70. The molecule has 1 atom stereocenters. The summed E-state index contributed by atoms with van der Waals surface area (Å²) in [6.45, 7) is 2.19. The number of likely N-dealkylation sites (tertiary alicyclic amines) is 1. The van der Waals surface area contributed by atoms with Gasteiger partial charge in [0, 0.05) is 6.04 Å². The highest BCUT2D eigenvalue weighted by molar-refractivity contribution is 7.08. The van der Waals surface area contributed by atoms with Gasteiger partial charge in [-0.15, -0.1) is 0 Å². The zero-order chi connectivity index (χ0) is 13.7. The molecule has 20 heavy (non-hydrogen) atoms. The third-order valence-electron chi connectivity index (χ3n) is 5.03. The number of nitrogens with one attached hydrogen (secondary N) is 1. The van der Waals surface area contributed by atoms with Crippen molar-refractivity contribution in [1.82, 2.24) is 15.1 Å². The molecule has 1 aromatic rings. The van der Waals surface area contributed by atoms with Crippen LogP contribution in [-0.2, 0) is 4.79 Å². The van der Waals surface area contributed by atoms with E-state index in [-0.39, 0.29) is 11.7 Å². The van der Waals surface area contributed by atoms with Gasteiger partial charge in [0.25, 0.3) is 0 Å². The van der Waals surface area contributed by atoms with E-state index in [0.717, 1.165) is 38.8 Å². The number of hydrogen-bond acceptors (Lipinski definition) is 4. The van der Waals surface area contributed by atoms with Crippen LogP contribution in [0.25, 0.3) is 0 Å². The van der Waals surface area contributed by atoms with Gasteiger partial charge in [-0.1, -0.05) is 0 Å². The molecule has 1 saturated carbocycles. The number of amides is 1. The molecule has 2 aliphatic heterocycles. The molecule has 3 fully saturated rings. The van der Waals surface area contributed by atoms with E-state index < -0.39 is 0 Å². The monoisotopic (exact) mass is 291 g/mol. The maximum absolute atomic E-state index is 12.8. The molecule has 2 saturated heterocycles. The summed E-state index contributed by atoms with van der Waals surface area (Å²) in [5, 5.41) is 7.90. The van der Waals surface area contributed by atoms with Gasteiger partial charge in [0.1, 0.15) is 11.7 Å². The number of piperidine rings is 1. The minimum Gasteiger partial charge on any atom is -0.318 e. The van der Waals surface area contributed by atoms with Crippen molar-refractivity contribution < 1.29 is 4.79 Å². The number of carbonyl (C=O) groups is 1. The highest BCUT2D eigenvalue weighted by atomic mass is 32.1. The van der Waals surface area contributed by atoms with Crippen LogP contribution in [-0.4, -0.2) is 47.4 Å². The number of thiophene rings is 1. The van der Waals surface area contributed by atoms with Crippen molar-refractivity contribution in [2.45, 2.75) is 43.4 Å². The Hall–Kier alpha value is -0.910. The van der Waals surface area contributed by atoms with Crippen molar-refractivity contribution >= 4 is 17.2 Å². The fourth-order valence-electron chi connectivity index (χ4n) is 3.56. The smallest absolute Gasteiger partial charge is 0.244 e. The van der Waals surface area contributed by atoms with Crippen LogP contribution in [0.5, 0.6) is 0 Å². The molecule has 1 unspecified atom stereocenters. The molecule has 108 valence electrons. The van der Waals surface area contributed by atoms with Gasteiger partial charge in [0.15, 0.2) is 0 Å². The Morgan fingerprint density at radius 2 is 2.10 bits per heavy atom. The van der Waals surface area contributed by atoms with E-state index in [1.807, 2.05) is 0 Å². The molecule has 1 aromatic heterocycles. The Kier molecular flexibility index (Phi) is 2.91. The fourth-order valence-corrected chi connectivity index (χ4v) is 4.24. The quantitative estimate of drug-likeness (QED) is 0.902. The summed E-state index contributed by atoms with van der Waals surface area (Å²) < 4.78 is 0. The normalized spacial score (nSPS) is 30.4. The van der Waals surface area contributed by atoms with Gasteiger partial charge in [-0.05, 0) is 68.2 Å². The SMILES string of the molecule is CN1CCC(N2C(=O)C3(CC3)NC2c2ccsc2)CC1. The van der Waals surface area contributed by atoms with E-state index in [1.54, 1.807) is 11.3 Å². The van der Waals surface area contributed by atoms with Crippen LogP contribution in [0.15, 0.2) is 16.8 Å². The molecule has 0 aromatic carbocycles. The van der Waals surface area contributed by atoms with Gasteiger partial charge in [0.05, 0.1) is 0 Å². The minimum absolute atomic E-state index is 0.102. The summed E-state index contributed by atoms with van der Waals surface area (Å²) in [6, 6.07) is 2.55. The second-order valence-electron chi connectivity index (χ2n) is 6.43. The summed E-state index contributed by atoms with van der Waals surface area (Å²) in [5.74, 6) is 0.350. The average molecular weight is 291 g/mol. The molecule has 4 rings (SSSR count). The van der Waals surface area contributed by atoms with Gasteiger partial charge < -0.3 is 9.80 Å². The molecule has 3 aliphatic rings. The minimum atomic E-state index is -0.212. The van der Waals surface area contributed by atoms with Crippen molar-refractivity contribution in [1.29, 1.82) is 0 Å². The molecule has 1 N–H and O–H groups in total. The highest BCUT2D eigenvalue weighted by Crippen LogP contribution is 2.47. The Labute approximate surface area is 123 Å². The predicted octanol–water partition coefficient (Wildman–Crippen LogP) is 1.81. The Balaban J connectivity index is 1.62. The van der Waals surface area contributed by atoms with Crippen LogP contribution < -0.4 is 5.32 Å². The summed E-state index contributed by atoms with van der Waals surface area (Å²) in [6.07, 6.45) is 4.32. The van der Waals surface area contributed by atoms with Crippen molar-refractivity contribution in [2.75, 3.05) is 20.1 Å². The third-order valence-corrected chi connectivity index (χ3v) is 5.73. The van der Waals surface area contributed by atoms with Gasteiger partial charge in [-0.3, -0.25) is 10.1 Å². The lowest BCUT2D eigenvalue weighted by atomic mass is 10.0. The van der Waals surface area contributed by atoms with Crippen LogP contribution in [0, 0.1) is 0 Å². The third kappa shape index (κ3) is 1.91. The summed E-state index contributed by atoms with van der Waals surface area (Å²) in [5.41, 5.74) is 1.04. The van der Waals surface area contributed by atoms with Gasteiger partial charge in [-0.25, -0.2) is 0 Å². The summed E-state index contributed by atoms with van der Waals surface area (Å²) >= 11 is 1.71. The predicted molar refractivity (Wildman–Crippen MR) is 79.5 cm³/mol. The first-order valence-electron chi connectivity index (χ1n) is 7.51. The maximum atomic E-state index is 12.8. The standard InChI is InChI=1S/C15H21N3OS/c1-17-7-2-12(3-8-17)18-13(11-4-9-20-10-11)16-15(5-6-15)14(18)19/h4,9-10,12-13,16H,2-3,5-8H2,1H3. The second-order valence-corrected chi connectivity index (χ2v) is 7.21. The molecule has 4 nitrogen and oxygen atoms in total. The lowest BCUT2D eigenvalue weighted by Gasteiger charge is -2.37. The largest absolute Gasteiger partial charge is 0.318 e. The molecular formula is C15H21N3OS. The van der Waals surface area contributed by atoms with Crippen molar-refractivity contribution in [2.24, 2.45) is 0 Å². The van der Waals surface area contributed by atoms with Crippen LogP contribution in [0.2, 0.25) is 0 Å². The zero-order valence-corrected chi connectivity index (χ0v) is 12.7. The van der Waals surface area contributed by atoms with E-state index in [1.165, 1.54) is 5.56 Å². The van der Waals surface area contributed by atoms with E-state index in [2.05, 4.69) is 39.0 Å². The Morgan fingerprint density at radius 3 is 2.70 bits per heavy atom. The number of nitrogens with zero attached hydrogens (tertiary/aromatic N) is 2. The molecule has 1 amide bonds. The Bertz CT molecular complexity index is 503. The second kappa shape index (κ2) is 4.55. The molecule has 5 heteroatoms. The van der Waals surface area contributed by atoms with Crippen LogP contribution in [0.1, 0.15) is 37.4 Å². The molecule has 3 heterocycles. The van der Waals surface area contributed by atoms with Crippen LogP contribution in [0.3, 0.4) is 0 Å². The number of rotatable bonds is 2. The number of hydrogen-bond donors (Lipinski definition) is 1. The van der Waals surface area contributed by atoms with Crippen LogP contribution >= 0.6 is 11.3 Å². The van der Waals surface area contributed by atoms with E-state index >= 15 is 0 Å². The molecule has 1 spiro atoms. The maximum Gasteiger partial charge on any atom is 0.244 e. The lowest BCUT2D eigenvalue weighted by Crippen LogP contribution is -2.46. The van der Waals surface area contributed by atoms with E-state index in [0.29, 0.717) is 11.9 Å². The van der Waals surface area contributed by atoms with Gasteiger partial charge in [0.2, 0.25) is 5.91 Å². The molecular weight excluding hydrogens is 270 g/mol.